The van der Waals surface area contributed by atoms with Crippen LogP contribution in [0, 0.1) is 5.92 Å². The van der Waals surface area contributed by atoms with Gasteiger partial charge in [0.2, 0.25) is 0 Å². The van der Waals surface area contributed by atoms with Gasteiger partial charge in [0.05, 0.1) is 7.11 Å². The summed E-state index contributed by atoms with van der Waals surface area (Å²) in [6, 6.07) is 5.29. The third-order valence-electron chi connectivity index (χ3n) is 6.33. The van der Waals surface area contributed by atoms with Crippen molar-refractivity contribution in [1.82, 2.24) is 15.5 Å². The van der Waals surface area contributed by atoms with E-state index < -0.39 is 6.61 Å². The second-order valence-electron chi connectivity index (χ2n) is 8.50. The first-order valence-electron chi connectivity index (χ1n) is 11.4. The number of hydrogen-bond donors (Lipinski definition) is 2. The quantitative estimate of drug-likeness (QED) is 0.475. The number of ether oxygens (including phenoxy) is 2. The van der Waals surface area contributed by atoms with E-state index >= 15 is 0 Å². The Labute approximate surface area is 184 Å². The molecule has 0 bridgehead atoms. The number of halogens is 2. The average Bonchev–Trinajstić information content (AvgIpc) is 2.78. The van der Waals surface area contributed by atoms with Crippen LogP contribution >= 0.6 is 0 Å². The molecular formula is C23H36F2N4O2. The van der Waals surface area contributed by atoms with Crippen molar-refractivity contribution in [1.29, 1.82) is 0 Å². The molecule has 8 heteroatoms. The van der Waals surface area contributed by atoms with Gasteiger partial charge < -0.3 is 25.0 Å². The molecule has 6 nitrogen and oxygen atoms in total. The fourth-order valence-electron chi connectivity index (χ4n) is 4.58. The molecule has 0 atom stereocenters. The molecule has 3 rings (SSSR count). The van der Waals surface area contributed by atoms with Crippen LogP contribution in [-0.2, 0) is 6.54 Å². The molecule has 1 aliphatic carbocycles. The van der Waals surface area contributed by atoms with Gasteiger partial charge in [-0.05, 0) is 43.7 Å². The molecule has 2 N–H and O–H groups in total. The van der Waals surface area contributed by atoms with Gasteiger partial charge in [0, 0.05) is 50.9 Å². The lowest BCUT2D eigenvalue weighted by Gasteiger charge is -2.36. The maximum atomic E-state index is 12.8. The first-order chi connectivity index (χ1) is 15.1. The van der Waals surface area contributed by atoms with E-state index in [1.165, 1.54) is 51.8 Å². The SMILES string of the molecule is CN=C(NCc1ccc(OC)cc1OC(F)F)NC1CCN(CC2CCCCC2)CC1. The molecule has 2 aliphatic rings. The first kappa shape index (κ1) is 23.6. The number of methoxy groups -OCH3 is 1. The number of piperidine rings is 1. The van der Waals surface area contributed by atoms with E-state index in [0.717, 1.165) is 31.8 Å². The molecule has 1 aromatic rings. The summed E-state index contributed by atoms with van der Waals surface area (Å²) in [5.41, 5.74) is 0.617. The van der Waals surface area contributed by atoms with Crippen molar-refractivity contribution in [2.45, 2.75) is 64.1 Å². The van der Waals surface area contributed by atoms with Gasteiger partial charge in [-0.2, -0.15) is 8.78 Å². The van der Waals surface area contributed by atoms with Crippen molar-refractivity contribution in [3.63, 3.8) is 0 Å². The van der Waals surface area contributed by atoms with Gasteiger partial charge in [-0.25, -0.2) is 0 Å². The maximum Gasteiger partial charge on any atom is 0.387 e. The fraction of sp³-hybridized carbons (Fsp3) is 0.696. The van der Waals surface area contributed by atoms with Crippen LogP contribution in [0.15, 0.2) is 23.2 Å². The van der Waals surface area contributed by atoms with Crippen LogP contribution in [0.25, 0.3) is 0 Å². The number of alkyl halides is 2. The Hall–Kier alpha value is -2.09. The summed E-state index contributed by atoms with van der Waals surface area (Å²) in [5.74, 6) is 2.13. The van der Waals surface area contributed by atoms with Gasteiger partial charge in [0.15, 0.2) is 5.96 Å². The predicted molar refractivity (Wildman–Crippen MR) is 119 cm³/mol. The summed E-state index contributed by atoms with van der Waals surface area (Å²) < 4.78 is 35.3. The van der Waals surface area contributed by atoms with Crippen LogP contribution in [-0.4, -0.2) is 57.3 Å². The van der Waals surface area contributed by atoms with Crippen LogP contribution in [0.5, 0.6) is 11.5 Å². The van der Waals surface area contributed by atoms with Crippen LogP contribution in [0.1, 0.15) is 50.5 Å². The van der Waals surface area contributed by atoms with E-state index in [9.17, 15) is 8.78 Å². The molecule has 0 unspecified atom stereocenters. The second kappa shape index (κ2) is 12.1. The molecule has 31 heavy (non-hydrogen) atoms. The molecule has 0 aromatic heterocycles. The van der Waals surface area contributed by atoms with Crippen molar-refractivity contribution in [2.75, 3.05) is 33.8 Å². The Bertz CT molecular complexity index is 703. The van der Waals surface area contributed by atoms with E-state index in [4.69, 9.17) is 4.74 Å². The van der Waals surface area contributed by atoms with Crippen molar-refractivity contribution < 1.29 is 18.3 Å². The summed E-state index contributed by atoms with van der Waals surface area (Å²) >= 11 is 0. The summed E-state index contributed by atoms with van der Waals surface area (Å²) in [4.78, 5) is 6.91. The lowest BCUT2D eigenvalue weighted by Crippen LogP contribution is -2.49. The highest BCUT2D eigenvalue weighted by Crippen LogP contribution is 2.27. The summed E-state index contributed by atoms with van der Waals surface area (Å²) in [6.45, 7) is 0.893. The second-order valence-corrected chi connectivity index (χ2v) is 8.50. The highest BCUT2D eigenvalue weighted by atomic mass is 19.3. The van der Waals surface area contributed by atoms with Crippen molar-refractivity contribution in [3.05, 3.63) is 23.8 Å². The number of aliphatic imine (C=N–C) groups is 1. The van der Waals surface area contributed by atoms with E-state index in [1.54, 1.807) is 19.2 Å². The number of hydrogen-bond acceptors (Lipinski definition) is 4. The van der Waals surface area contributed by atoms with Gasteiger partial charge >= 0.3 is 6.61 Å². The molecule has 1 aromatic carbocycles. The maximum absolute atomic E-state index is 12.8. The molecule has 174 valence electrons. The van der Waals surface area contributed by atoms with Crippen molar-refractivity contribution in [3.8, 4) is 11.5 Å². The van der Waals surface area contributed by atoms with E-state index in [2.05, 4.69) is 25.3 Å². The minimum absolute atomic E-state index is 0.105. The summed E-state index contributed by atoms with van der Waals surface area (Å²) in [5, 5.41) is 6.70. The minimum atomic E-state index is -2.89. The number of nitrogens with zero attached hydrogens (tertiary/aromatic N) is 2. The molecule has 0 radical (unpaired) electrons. The topological polar surface area (TPSA) is 58.1 Å². The van der Waals surface area contributed by atoms with Crippen molar-refractivity contribution >= 4 is 5.96 Å². The zero-order chi connectivity index (χ0) is 22.1. The normalized spacial score (nSPS) is 19.5. The minimum Gasteiger partial charge on any atom is -0.497 e. The Kier molecular flexibility index (Phi) is 9.18. The highest BCUT2D eigenvalue weighted by molar-refractivity contribution is 5.80. The molecule has 1 heterocycles. The lowest BCUT2D eigenvalue weighted by molar-refractivity contribution is -0.0505. The van der Waals surface area contributed by atoms with Gasteiger partial charge in [-0.1, -0.05) is 19.3 Å². The van der Waals surface area contributed by atoms with Gasteiger partial charge in [-0.3, -0.25) is 4.99 Å². The van der Waals surface area contributed by atoms with Gasteiger partial charge in [0.25, 0.3) is 0 Å². The fourth-order valence-corrected chi connectivity index (χ4v) is 4.58. The zero-order valence-corrected chi connectivity index (χ0v) is 18.7. The molecule has 1 saturated heterocycles. The van der Waals surface area contributed by atoms with Crippen LogP contribution in [0.3, 0.4) is 0 Å². The number of nitrogens with one attached hydrogen (secondary N) is 2. The number of guanidine groups is 1. The molecule has 2 fully saturated rings. The van der Waals surface area contributed by atoms with Gasteiger partial charge in [0.1, 0.15) is 11.5 Å². The molecule has 1 aliphatic heterocycles. The predicted octanol–water partition coefficient (Wildman–Crippen LogP) is 4.01. The number of rotatable bonds is 8. The third kappa shape index (κ3) is 7.52. The van der Waals surface area contributed by atoms with Crippen LogP contribution in [0.4, 0.5) is 8.78 Å². The first-order valence-corrected chi connectivity index (χ1v) is 11.4. The number of likely N-dealkylation sites (tertiary alicyclic amines) is 1. The smallest absolute Gasteiger partial charge is 0.387 e. The van der Waals surface area contributed by atoms with Crippen LogP contribution in [0.2, 0.25) is 0 Å². The Morgan fingerprint density at radius 3 is 2.55 bits per heavy atom. The standard InChI is InChI=1S/C23H36F2N4O2/c1-26-23(27-15-18-8-9-20(30-2)14-21(18)31-22(24)25)28-19-10-12-29(13-11-19)16-17-6-4-3-5-7-17/h8-9,14,17,19,22H,3-7,10-13,15-16H2,1-2H3,(H2,26,27,28). The highest BCUT2D eigenvalue weighted by Gasteiger charge is 2.23. The van der Waals surface area contributed by atoms with E-state index in [-0.39, 0.29) is 5.75 Å². The monoisotopic (exact) mass is 438 g/mol. The van der Waals surface area contributed by atoms with Crippen LogP contribution < -0.4 is 20.1 Å². The third-order valence-corrected chi connectivity index (χ3v) is 6.33. The van der Waals surface area contributed by atoms with E-state index in [1.807, 2.05) is 0 Å². The van der Waals surface area contributed by atoms with Gasteiger partial charge in [-0.15, -0.1) is 0 Å². The Morgan fingerprint density at radius 2 is 1.90 bits per heavy atom. The largest absolute Gasteiger partial charge is 0.497 e. The average molecular weight is 439 g/mol. The zero-order valence-electron chi connectivity index (χ0n) is 18.7. The number of benzene rings is 1. The molecule has 1 saturated carbocycles. The van der Waals surface area contributed by atoms with Crippen molar-refractivity contribution in [2.24, 2.45) is 10.9 Å². The van der Waals surface area contributed by atoms with E-state index in [0.29, 0.717) is 29.9 Å². The summed E-state index contributed by atoms with van der Waals surface area (Å²) in [6.07, 6.45) is 9.12. The molecule has 0 spiro atoms. The molecule has 0 amide bonds. The summed E-state index contributed by atoms with van der Waals surface area (Å²) in [7, 11) is 3.21. The molecular weight excluding hydrogens is 402 g/mol. The Balaban J connectivity index is 1.46. The Morgan fingerprint density at radius 1 is 1.16 bits per heavy atom. The lowest BCUT2D eigenvalue weighted by atomic mass is 9.88.